The summed E-state index contributed by atoms with van der Waals surface area (Å²) in [6, 6.07) is 13.2. The van der Waals surface area contributed by atoms with Crippen LogP contribution in [0.1, 0.15) is 15.9 Å². The van der Waals surface area contributed by atoms with E-state index in [0.717, 1.165) is 0 Å². The molecule has 0 unspecified atom stereocenters. The lowest BCUT2D eigenvalue weighted by Crippen LogP contribution is -2.24. The molecule has 0 atom stereocenters. The smallest absolute Gasteiger partial charge is 0.282 e. The Morgan fingerprint density at radius 3 is 2.46 bits per heavy atom. The highest BCUT2D eigenvalue weighted by Gasteiger charge is 2.29. The van der Waals surface area contributed by atoms with Gasteiger partial charge in [0.1, 0.15) is 16.4 Å². The lowest BCUT2D eigenvalue weighted by molar-refractivity contribution is 0.100. The number of fused-ring (bicyclic) bond motifs is 2. The zero-order valence-electron chi connectivity index (χ0n) is 14.6. The molecule has 2 aromatic carbocycles. The van der Waals surface area contributed by atoms with Gasteiger partial charge in [0.25, 0.3) is 5.91 Å². The van der Waals surface area contributed by atoms with Gasteiger partial charge in [-0.1, -0.05) is 18.2 Å². The Morgan fingerprint density at radius 1 is 1.04 bits per heavy atom. The van der Waals surface area contributed by atoms with E-state index in [4.69, 9.17) is 16.2 Å². The number of guanidine groups is 1. The molecule has 1 amide bonds. The fourth-order valence-electron chi connectivity index (χ4n) is 3.05. The minimum absolute atomic E-state index is 0.0430. The quantitative estimate of drug-likeness (QED) is 0.503. The number of para-hydroxylation sites is 1. The maximum absolute atomic E-state index is 13.0. The van der Waals surface area contributed by atoms with Crippen molar-refractivity contribution in [1.82, 2.24) is 4.57 Å². The standard InChI is InChI=1S/C19H16N4O4S/c20-19(21)22-18(24)13-9-17-16(10-14(13)23-7-3-4-8-23)27-15-6-2-1-5-12(15)11-28(17,25)26/h1-10H,11H2,(H4,20,21,22,24). The average Bonchev–Trinajstić information content (AvgIpc) is 3.13. The van der Waals surface area contributed by atoms with Crippen molar-refractivity contribution in [3.63, 3.8) is 0 Å². The van der Waals surface area contributed by atoms with Crippen LogP contribution in [-0.2, 0) is 15.6 Å². The van der Waals surface area contributed by atoms with Crippen molar-refractivity contribution in [3.8, 4) is 17.2 Å². The van der Waals surface area contributed by atoms with Crippen molar-refractivity contribution >= 4 is 21.7 Å². The van der Waals surface area contributed by atoms with Gasteiger partial charge in [0.15, 0.2) is 15.8 Å². The molecule has 28 heavy (non-hydrogen) atoms. The van der Waals surface area contributed by atoms with Crippen LogP contribution in [0.4, 0.5) is 0 Å². The summed E-state index contributed by atoms with van der Waals surface area (Å²) in [6.45, 7) is 0. The lowest BCUT2D eigenvalue weighted by atomic mass is 10.1. The molecule has 2 heterocycles. The summed E-state index contributed by atoms with van der Waals surface area (Å²) >= 11 is 0. The number of benzene rings is 2. The van der Waals surface area contributed by atoms with E-state index in [1.54, 1.807) is 53.4 Å². The normalized spacial score (nSPS) is 14.1. The number of carbonyl (C=O) groups excluding carboxylic acids is 1. The Morgan fingerprint density at radius 2 is 1.75 bits per heavy atom. The first kappa shape index (κ1) is 17.8. The van der Waals surface area contributed by atoms with Gasteiger partial charge >= 0.3 is 0 Å². The molecule has 4 N–H and O–H groups in total. The Bertz CT molecular complexity index is 1210. The Labute approximate surface area is 161 Å². The van der Waals surface area contributed by atoms with E-state index in [-0.39, 0.29) is 22.0 Å². The van der Waals surface area contributed by atoms with E-state index in [2.05, 4.69) is 4.99 Å². The van der Waals surface area contributed by atoms with Gasteiger partial charge in [0.05, 0.1) is 17.0 Å². The third-order valence-corrected chi connectivity index (χ3v) is 5.96. The fourth-order valence-corrected chi connectivity index (χ4v) is 4.56. The van der Waals surface area contributed by atoms with Crippen LogP contribution in [0, 0.1) is 0 Å². The molecule has 1 aliphatic heterocycles. The molecule has 0 spiro atoms. The number of hydrogen-bond acceptors (Lipinski definition) is 4. The molecule has 8 nitrogen and oxygen atoms in total. The van der Waals surface area contributed by atoms with E-state index in [0.29, 0.717) is 17.0 Å². The van der Waals surface area contributed by atoms with Gasteiger partial charge in [-0.25, -0.2) is 8.42 Å². The van der Waals surface area contributed by atoms with Gasteiger partial charge < -0.3 is 20.8 Å². The number of nitrogens with two attached hydrogens (primary N) is 2. The highest BCUT2D eigenvalue weighted by Crippen LogP contribution is 2.40. The van der Waals surface area contributed by atoms with Crippen LogP contribution in [-0.4, -0.2) is 24.9 Å². The molecular weight excluding hydrogens is 380 g/mol. The predicted molar refractivity (Wildman–Crippen MR) is 103 cm³/mol. The summed E-state index contributed by atoms with van der Waals surface area (Å²) in [5.41, 5.74) is 11.6. The molecule has 0 aliphatic carbocycles. The first-order valence-electron chi connectivity index (χ1n) is 8.29. The number of sulfone groups is 1. The average molecular weight is 396 g/mol. The molecule has 1 aliphatic rings. The second-order valence-electron chi connectivity index (χ2n) is 6.22. The summed E-state index contributed by atoms with van der Waals surface area (Å²) in [6.07, 6.45) is 3.43. The first-order chi connectivity index (χ1) is 13.3. The predicted octanol–water partition coefficient (Wildman–Crippen LogP) is 1.97. The summed E-state index contributed by atoms with van der Waals surface area (Å²) < 4.78 is 33.5. The summed E-state index contributed by atoms with van der Waals surface area (Å²) in [5, 5.41) is 0. The van der Waals surface area contributed by atoms with Crippen molar-refractivity contribution in [3.05, 3.63) is 72.1 Å². The Hall–Kier alpha value is -3.59. The van der Waals surface area contributed by atoms with Crippen LogP contribution in [0.3, 0.4) is 0 Å². The lowest BCUT2D eigenvalue weighted by Gasteiger charge is -2.14. The molecule has 0 bridgehead atoms. The van der Waals surface area contributed by atoms with E-state index in [9.17, 15) is 13.2 Å². The molecule has 0 saturated heterocycles. The highest BCUT2D eigenvalue weighted by atomic mass is 32.2. The van der Waals surface area contributed by atoms with Crippen LogP contribution in [0.15, 0.2) is 70.8 Å². The minimum atomic E-state index is -3.76. The van der Waals surface area contributed by atoms with Crippen LogP contribution in [0.25, 0.3) is 5.69 Å². The van der Waals surface area contributed by atoms with Crippen LogP contribution < -0.4 is 16.2 Å². The van der Waals surface area contributed by atoms with Gasteiger partial charge in [-0.2, -0.15) is 4.99 Å². The summed E-state index contributed by atoms with van der Waals surface area (Å²) in [5.74, 6) is -0.815. The third kappa shape index (κ3) is 3.12. The van der Waals surface area contributed by atoms with Gasteiger partial charge in [-0.15, -0.1) is 0 Å². The Kier molecular flexibility index (Phi) is 4.16. The van der Waals surface area contributed by atoms with Crippen LogP contribution in [0.5, 0.6) is 11.5 Å². The summed E-state index contributed by atoms with van der Waals surface area (Å²) in [4.78, 5) is 16.0. The monoisotopic (exact) mass is 396 g/mol. The van der Waals surface area contributed by atoms with Crippen molar-refractivity contribution in [2.24, 2.45) is 16.5 Å². The molecule has 0 fully saturated rings. The van der Waals surface area contributed by atoms with Crippen molar-refractivity contribution in [2.75, 3.05) is 0 Å². The van der Waals surface area contributed by atoms with Gasteiger partial charge in [0.2, 0.25) is 0 Å². The van der Waals surface area contributed by atoms with Crippen LogP contribution >= 0.6 is 0 Å². The van der Waals surface area contributed by atoms with E-state index >= 15 is 0 Å². The number of nitrogens with zero attached hydrogens (tertiary/aromatic N) is 2. The zero-order chi connectivity index (χ0) is 19.9. The molecule has 3 aromatic rings. The number of aromatic nitrogens is 1. The van der Waals surface area contributed by atoms with Crippen molar-refractivity contribution < 1.29 is 17.9 Å². The van der Waals surface area contributed by atoms with Gasteiger partial charge in [0, 0.05) is 24.0 Å². The van der Waals surface area contributed by atoms with Gasteiger partial charge in [-0.3, -0.25) is 4.79 Å². The number of ether oxygens (including phenoxy) is 1. The molecule has 142 valence electrons. The first-order valence-corrected chi connectivity index (χ1v) is 9.94. The topological polar surface area (TPSA) is 130 Å². The van der Waals surface area contributed by atoms with Crippen molar-refractivity contribution in [1.29, 1.82) is 0 Å². The van der Waals surface area contributed by atoms with Crippen LogP contribution in [0.2, 0.25) is 0 Å². The molecule has 0 saturated carbocycles. The molecule has 9 heteroatoms. The van der Waals surface area contributed by atoms with Gasteiger partial charge in [-0.05, 0) is 24.3 Å². The third-order valence-electron chi connectivity index (χ3n) is 4.28. The number of hydrogen-bond donors (Lipinski definition) is 2. The molecule has 1 aromatic heterocycles. The van der Waals surface area contributed by atoms with E-state index < -0.39 is 21.7 Å². The fraction of sp³-hybridized carbons (Fsp3) is 0.0526. The largest absolute Gasteiger partial charge is 0.456 e. The molecule has 0 radical (unpaired) electrons. The zero-order valence-corrected chi connectivity index (χ0v) is 15.4. The second kappa shape index (κ2) is 6.54. The maximum atomic E-state index is 13.0. The maximum Gasteiger partial charge on any atom is 0.282 e. The highest BCUT2D eigenvalue weighted by molar-refractivity contribution is 7.90. The second-order valence-corrected chi connectivity index (χ2v) is 8.18. The number of carbonyl (C=O) groups is 1. The van der Waals surface area contributed by atoms with Crippen molar-refractivity contribution in [2.45, 2.75) is 10.6 Å². The molecular formula is C19H16N4O4S. The number of rotatable bonds is 2. The van der Waals surface area contributed by atoms with E-state index in [1.165, 1.54) is 12.1 Å². The summed E-state index contributed by atoms with van der Waals surface area (Å²) in [7, 11) is -3.76. The minimum Gasteiger partial charge on any atom is -0.456 e. The Balaban J connectivity index is 1.99. The number of amides is 1. The molecule has 4 rings (SSSR count). The van der Waals surface area contributed by atoms with E-state index in [1.807, 2.05) is 0 Å². The number of aliphatic imine (C=N–C) groups is 1. The SMILES string of the molecule is NC(N)=NC(=O)c1cc2c(cc1-n1cccc1)Oc1ccccc1CS2(=O)=O.